The van der Waals surface area contributed by atoms with Gasteiger partial charge in [-0.05, 0) is 42.0 Å². The number of nitrogens with zero attached hydrogens (tertiary/aromatic N) is 1. The maximum absolute atomic E-state index is 9.17. The van der Waals surface area contributed by atoms with E-state index in [2.05, 4.69) is 6.07 Å². The van der Waals surface area contributed by atoms with Gasteiger partial charge in [0, 0.05) is 16.3 Å². The third-order valence-corrected chi connectivity index (χ3v) is 3.77. The largest absolute Gasteiger partial charge is 0.497 e. The van der Waals surface area contributed by atoms with Crippen molar-refractivity contribution in [3.05, 3.63) is 53.6 Å². The molecule has 0 amide bonds. The molecule has 3 nitrogen and oxygen atoms in total. The van der Waals surface area contributed by atoms with Crippen molar-refractivity contribution < 1.29 is 4.74 Å². The number of nitriles is 1. The molecule has 0 atom stereocenters. The molecular weight excluding hydrogens is 256 g/mol. The number of hydrogen-bond donors (Lipinski definition) is 1. The van der Waals surface area contributed by atoms with Gasteiger partial charge in [-0.1, -0.05) is 17.8 Å². The molecule has 0 spiro atoms. The van der Waals surface area contributed by atoms with E-state index in [0.717, 1.165) is 21.1 Å². The summed E-state index contributed by atoms with van der Waals surface area (Å²) in [6.07, 6.45) is 0. The first-order valence-electron chi connectivity index (χ1n) is 5.82. The minimum absolute atomic E-state index is 0.447. The fraction of sp³-hybridized carbons (Fsp3) is 0.133. The normalized spacial score (nSPS) is 9.95. The minimum Gasteiger partial charge on any atom is -0.497 e. The topological polar surface area (TPSA) is 59.0 Å². The lowest BCUT2D eigenvalue weighted by molar-refractivity contribution is 0.414. The zero-order chi connectivity index (χ0) is 13.7. The quantitative estimate of drug-likeness (QED) is 0.927. The number of ether oxygens (including phenoxy) is 1. The third-order valence-electron chi connectivity index (χ3n) is 2.69. The average molecular weight is 270 g/mol. The van der Waals surface area contributed by atoms with Gasteiger partial charge < -0.3 is 10.5 Å². The fourth-order valence-corrected chi connectivity index (χ4v) is 2.53. The van der Waals surface area contributed by atoms with Crippen LogP contribution in [-0.2, 0) is 6.54 Å². The van der Waals surface area contributed by atoms with Gasteiger partial charge in [0.2, 0.25) is 0 Å². The van der Waals surface area contributed by atoms with Crippen molar-refractivity contribution >= 4 is 11.8 Å². The second-order valence-corrected chi connectivity index (χ2v) is 5.04. The highest BCUT2D eigenvalue weighted by molar-refractivity contribution is 7.99. The van der Waals surface area contributed by atoms with Gasteiger partial charge in [-0.15, -0.1) is 0 Å². The molecule has 0 saturated carbocycles. The van der Waals surface area contributed by atoms with Crippen LogP contribution in [0.4, 0.5) is 0 Å². The Labute approximate surface area is 117 Å². The van der Waals surface area contributed by atoms with Gasteiger partial charge in [0.1, 0.15) is 11.8 Å². The summed E-state index contributed by atoms with van der Waals surface area (Å²) >= 11 is 1.56. The Kier molecular flexibility index (Phi) is 4.45. The van der Waals surface area contributed by atoms with Crippen LogP contribution in [-0.4, -0.2) is 7.11 Å². The highest BCUT2D eigenvalue weighted by Gasteiger charge is 2.05. The Morgan fingerprint density at radius 2 is 1.95 bits per heavy atom. The van der Waals surface area contributed by atoms with Crippen molar-refractivity contribution in [2.75, 3.05) is 7.11 Å². The molecule has 0 aliphatic carbocycles. The maximum Gasteiger partial charge on any atom is 0.118 e. The summed E-state index contributed by atoms with van der Waals surface area (Å²) in [6.45, 7) is 0.447. The monoisotopic (exact) mass is 270 g/mol. The molecule has 0 aliphatic rings. The minimum atomic E-state index is 0.447. The molecule has 2 aromatic carbocycles. The van der Waals surface area contributed by atoms with Gasteiger partial charge in [-0.3, -0.25) is 0 Å². The van der Waals surface area contributed by atoms with Gasteiger partial charge in [0.15, 0.2) is 0 Å². The number of nitrogens with two attached hydrogens (primary N) is 1. The lowest BCUT2D eigenvalue weighted by atomic mass is 10.1. The average Bonchev–Trinajstić information content (AvgIpc) is 2.48. The van der Waals surface area contributed by atoms with Crippen LogP contribution in [0.25, 0.3) is 0 Å². The van der Waals surface area contributed by atoms with Crippen molar-refractivity contribution in [1.82, 2.24) is 0 Å². The fourth-order valence-electron chi connectivity index (χ4n) is 1.65. The van der Waals surface area contributed by atoms with Crippen molar-refractivity contribution in [2.24, 2.45) is 5.73 Å². The van der Waals surface area contributed by atoms with E-state index in [1.807, 2.05) is 42.5 Å². The van der Waals surface area contributed by atoms with E-state index in [0.29, 0.717) is 12.1 Å². The van der Waals surface area contributed by atoms with E-state index in [9.17, 15) is 5.26 Å². The van der Waals surface area contributed by atoms with Crippen LogP contribution in [0, 0.1) is 11.3 Å². The smallest absolute Gasteiger partial charge is 0.118 e. The Hall–Kier alpha value is -1.96. The van der Waals surface area contributed by atoms with Gasteiger partial charge in [-0.25, -0.2) is 0 Å². The van der Waals surface area contributed by atoms with E-state index < -0.39 is 0 Å². The molecule has 0 radical (unpaired) electrons. The van der Waals surface area contributed by atoms with Gasteiger partial charge in [-0.2, -0.15) is 5.26 Å². The number of methoxy groups -OCH3 is 1. The molecule has 0 aromatic heterocycles. The molecule has 2 N–H and O–H groups in total. The molecule has 0 heterocycles. The molecule has 19 heavy (non-hydrogen) atoms. The zero-order valence-corrected chi connectivity index (χ0v) is 11.4. The van der Waals surface area contributed by atoms with Crippen LogP contribution in [0.15, 0.2) is 52.3 Å². The Bertz CT molecular complexity index is 603. The van der Waals surface area contributed by atoms with Crippen LogP contribution in [0.5, 0.6) is 5.75 Å². The molecular formula is C15H14N2OS. The second-order valence-electron chi connectivity index (χ2n) is 3.92. The molecule has 0 aliphatic heterocycles. The van der Waals surface area contributed by atoms with Crippen molar-refractivity contribution in [1.29, 1.82) is 5.26 Å². The van der Waals surface area contributed by atoms with Crippen LogP contribution in [0.3, 0.4) is 0 Å². The summed E-state index contributed by atoms with van der Waals surface area (Å²) < 4.78 is 5.12. The third kappa shape index (κ3) is 3.28. The van der Waals surface area contributed by atoms with E-state index in [4.69, 9.17) is 10.5 Å². The summed E-state index contributed by atoms with van der Waals surface area (Å²) in [7, 11) is 1.64. The predicted molar refractivity (Wildman–Crippen MR) is 76.2 cm³/mol. The number of rotatable bonds is 4. The highest BCUT2D eigenvalue weighted by atomic mass is 32.2. The van der Waals surface area contributed by atoms with Crippen molar-refractivity contribution in [2.45, 2.75) is 16.3 Å². The summed E-state index contributed by atoms with van der Waals surface area (Å²) in [5.74, 6) is 0.823. The standard InChI is InChI=1S/C15H14N2OS/c1-18-13-3-5-14(6-4-13)19-15-7-2-11(9-16)8-12(15)10-17/h2-8H,9,16H2,1H3. The predicted octanol–water partition coefficient (Wildman–Crippen LogP) is 3.18. The number of hydrogen-bond acceptors (Lipinski definition) is 4. The second kappa shape index (κ2) is 6.28. The maximum atomic E-state index is 9.17. The van der Waals surface area contributed by atoms with E-state index in [-0.39, 0.29) is 0 Å². The van der Waals surface area contributed by atoms with Gasteiger partial charge >= 0.3 is 0 Å². The van der Waals surface area contributed by atoms with Gasteiger partial charge in [0.25, 0.3) is 0 Å². The van der Waals surface area contributed by atoms with Crippen molar-refractivity contribution in [3.8, 4) is 11.8 Å². The lowest BCUT2D eigenvalue weighted by Crippen LogP contribution is -1.96. The highest BCUT2D eigenvalue weighted by Crippen LogP contribution is 2.31. The van der Waals surface area contributed by atoms with E-state index in [1.165, 1.54) is 0 Å². The first-order valence-corrected chi connectivity index (χ1v) is 6.63. The molecule has 0 bridgehead atoms. The van der Waals surface area contributed by atoms with Crippen LogP contribution < -0.4 is 10.5 Å². The van der Waals surface area contributed by atoms with Crippen molar-refractivity contribution in [3.63, 3.8) is 0 Å². The first-order chi connectivity index (χ1) is 9.26. The molecule has 0 fully saturated rings. The first kappa shape index (κ1) is 13.5. The van der Waals surface area contributed by atoms with Crippen LogP contribution >= 0.6 is 11.8 Å². The van der Waals surface area contributed by atoms with E-state index >= 15 is 0 Å². The summed E-state index contributed by atoms with van der Waals surface area (Å²) in [6, 6.07) is 15.7. The zero-order valence-electron chi connectivity index (χ0n) is 10.6. The van der Waals surface area contributed by atoms with Crippen LogP contribution in [0.2, 0.25) is 0 Å². The molecule has 0 unspecified atom stereocenters. The number of benzene rings is 2. The molecule has 0 saturated heterocycles. The Morgan fingerprint density at radius 3 is 2.53 bits per heavy atom. The van der Waals surface area contributed by atoms with Crippen LogP contribution in [0.1, 0.15) is 11.1 Å². The summed E-state index contributed by atoms with van der Waals surface area (Å²) in [5.41, 5.74) is 7.20. The molecule has 2 rings (SSSR count). The van der Waals surface area contributed by atoms with E-state index in [1.54, 1.807) is 18.9 Å². The lowest BCUT2D eigenvalue weighted by Gasteiger charge is -2.06. The molecule has 4 heteroatoms. The molecule has 96 valence electrons. The summed E-state index contributed by atoms with van der Waals surface area (Å²) in [5, 5.41) is 9.17. The SMILES string of the molecule is COc1ccc(Sc2ccc(CN)cc2C#N)cc1. The van der Waals surface area contributed by atoms with Gasteiger partial charge in [0.05, 0.1) is 12.7 Å². The Morgan fingerprint density at radius 1 is 1.21 bits per heavy atom. The molecule has 2 aromatic rings. The summed E-state index contributed by atoms with van der Waals surface area (Å²) in [4.78, 5) is 2.00. The Balaban J connectivity index is 2.25.